The Kier molecular flexibility index (Phi) is 4.81. The van der Waals surface area contributed by atoms with Gasteiger partial charge in [0, 0.05) is 37.3 Å². The maximum atomic E-state index is 13.0. The van der Waals surface area contributed by atoms with Gasteiger partial charge in [-0.2, -0.15) is 5.10 Å². The van der Waals surface area contributed by atoms with Gasteiger partial charge in [0.25, 0.3) is 11.8 Å². The van der Waals surface area contributed by atoms with Crippen LogP contribution in [0.15, 0.2) is 24.3 Å². The molecule has 0 unspecified atom stereocenters. The summed E-state index contributed by atoms with van der Waals surface area (Å²) in [6, 6.07) is 7.18. The number of para-hydroxylation sites is 1. The molecule has 4 rings (SSSR count). The number of amides is 2. The maximum absolute atomic E-state index is 13.0. The van der Waals surface area contributed by atoms with Gasteiger partial charge < -0.3 is 19.3 Å². The Hall–Kier alpha value is -2.87. The van der Waals surface area contributed by atoms with Gasteiger partial charge in [0.1, 0.15) is 5.75 Å². The van der Waals surface area contributed by atoms with Crippen LogP contribution in [-0.2, 0) is 17.7 Å². The van der Waals surface area contributed by atoms with E-state index in [4.69, 9.17) is 9.47 Å². The summed E-state index contributed by atoms with van der Waals surface area (Å²) in [6.07, 6.45) is 0.639. The number of hydrogen-bond acceptors (Lipinski definition) is 5. The number of carbonyl (C=O) groups excluding carboxylic acids is 2. The number of hydrogen-bond donors (Lipinski definition) is 1. The Bertz CT molecular complexity index is 857. The fourth-order valence-corrected chi connectivity index (χ4v) is 3.55. The van der Waals surface area contributed by atoms with Gasteiger partial charge in [-0.25, -0.2) is 0 Å². The third-order valence-corrected chi connectivity index (χ3v) is 5.06. The van der Waals surface area contributed by atoms with E-state index in [9.17, 15) is 9.59 Å². The number of fused-ring (bicyclic) bond motifs is 1. The average Bonchev–Trinajstić information content (AvgIpc) is 3.16. The van der Waals surface area contributed by atoms with E-state index in [0.717, 1.165) is 11.3 Å². The second-order valence-electron chi connectivity index (χ2n) is 6.61. The molecule has 2 aliphatic rings. The Labute approximate surface area is 157 Å². The summed E-state index contributed by atoms with van der Waals surface area (Å²) in [5.74, 6) is 0.330. The van der Waals surface area contributed by atoms with Crippen molar-refractivity contribution in [1.82, 2.24) is 20.0 Å². The zero-order valence-electron chi connectivity index (χ0n) is 15.2. The van der Waals surface area contributed by atoms with E-state index in [-0.39, 0.29) is 11.8 Å². The summed E-state index contributed by atoms with van der Waals surface area (Å²) in [5, 5.41) is 7.23. The molecular formula is C19H22N4O4. The van der Waals surface area contributed by atoms with Gasteiger partial charge in [-0.1, -0.05) is 12.1 Å². The van der Waals surface area contributed by atoms with Crippen LogP contribution in [0.5, 0.6) is 5.75 Å². The molecule has 3 heterocycles. The monoisotopic (exact) mass is 370 g/mol. The highest BCUT2D eigenvalue weighted by Gasteiger charge is 2.31. The van der Waals surface area contributed by atoms with E-state index in [1.54, 1.807) is 29.0 Å². The van der Waals surface area contributed by atoms with Gasteiger partial charge >= 0.3 is 0 Å². The van der Waals surface area contributed by atoms with Crippen LogP contribution in [0.2, 0.25) is 0 Å². The average molecular weight is 370 g/mol. The third-order valence-electron chi connectivity index (χ3n) is 5.06. The molecule has 0 radical (unpaired) electrons. The fraction of sp³-hybridized carbons (Fsp3) is 0.421. The minimum absolute atomic E-state index is 0.107. The normalized spacial score (nSPS) is 16.8. The van der Waals surface area contributed by atoms with Crippen LogP contribution in [0.25, 0.3) is 0 Å². The zero-order chi connectivity index (χ0) is 18.8. The molecule has 1 aromatic heterocycles. The topological polar surface area (TPSA) is 87.8 Å². The predicted molar refractivity (Wildman–Crippen MR) is 96.7 cm³/mol. The predicted octanol–water partition coefficient (Wildman–Crippen LogP) is 1.09. The first-order valence-corrected chi connectivity index (χ1v) is 9.04. The molecule has 1 N–H and O–H groups in total. The number of H-pyrrole nitrogens is 1. The third kappa shape index (κ3) is 3.28. The molecule has 0 aliphatic carbocycles. The number of aromatic amines is 1. The maximum Gasteiger partial charge on any atom is 0.274 e. The summed E-state index contributed by atoms with van der Waals surface area (Å²) in [6.45, 7) is 3.12. The second-order valence-corrected chi connectivity index (χ2v) is 6.61. The van der Waals surface area contributed by atoms with Crippen LogP contribution in [0.4, 0.5) is 0 Å². The van der Waals surface area contributed by atoms with Gasteiger partial charge in [0.2, 0.25) is 0 Å². The van der Waals surface area contributed by atoms with Crippen LogP contribution in [0.3, 0.4) is 0 Å². The number of morpholine rings is 1. The highest BCUT2D eigenvalue weighted by atomic mass is 16.5. The first-order chi connectivity index (χ1) is 13.2. The zero-order valence-corrected chi connectivity index (χ0v) is 15.2. The number of benzene rings is 1. The molecule has 2 aliphatic heterocycles. The van der Waals surface area contributed by atoms with E-state index >= 15 is 0 Å². The smallest absolute Gasteiger partial charge is 0.274 e. The van der Waals surface area contributed by atoms with Gasteiger partial charge in [-0.3, -0.25) is 14.7 Å². The molecule has 8 heteroatoms. The molecule has 0 atom stereocenters. The van der Waals surface area contributed by atoms with E-state index in [0.29, 0.717) is 62.8 Å². The first kappa shape index (κ1) is 17.5. The molecule has 2 aromatic rings. The Balaban J connectivity index is 1.56. The van der Waals surface area contributed by atoms with Gasteiger partial charge in [0.15, 0.2) is 5.69 Å². The number of nitrogens with one attached hydrogen (secondary N) is 1. The van der Waals surface area contributed by atoms with Crippen molar-refractivity contribution in [3.05, 3.63) is 46.8 Å². The highest BCUT2D eigenvalue weighted by molar-refractivity contribution is 5.98. The van der Waals surface area contributed by atoms with Crippen molar-refractivity contribution in [3.8, 4) is 5.75 Å². The van der Waals surface area contributed by atoms with E-state index < -0.39 is 0 Å². The Morgan fingerprint density at radius 1 is 1.11 bits per heavy atom. The van der Waals surface area contributed by atoms with Crippen molar-refractivity contribution in [1.29, 1.82) is 0 Å². The van der Waals surface area contributed by atoms with Crippen LogP contribution in [-0.4, -0.2) is 71.8 Å². The lowest BCUT2D eigenvalue weighted by Gasteiger charge is -2.29. The molecule has 0 bridgehead atoms. The van der Waals surface area contributed by atoms with Gasteiger partial charge in [-0.15, -0.1) is 0 Å². The molecule has 1 aromatic carbocycles. The number of aromatic nitrogens is 2. The van der Waals surface area contributed by atoms with Crippen molar-refractivity contribution < 1.29 is 19.1 Å². The van der Waals surface area contributed by atoms with Crippen LogP contribution in [0.1, 0.15) is 32.1 Å². The minimum atomic E-state index is -0.109. The Morgan fingerprint density at radius 2 is 1.89 bits per heavy atom. The summed E-state index contributed by atoms with van der Waals surface area (Å²) in [4.78, 5) is 29.3. The molecule has 27 heavy (non-hydrogen) atoms. The fourth-order valence-electron chi connectivity index (χ4n) is 3.55. The summed E-state index contributed by atoms with van der Waals surface area (Å²) < 4.78 is 10.6. The lowest BCUT2D eigenvalue weighted by molar-refractivity contribution is 0.0297. The number of rotatable bonds is 3. The van der Waals surface area contributed by atoms with Crippen LogP contribution >= 0.6 is 0 Å². The molecule has 1 saturated heterocycles. The van der Waals surface area contributed by atoms with Crippen molar-refractivity contribution in [2.45, 2.75) is 13.0 Å². The SMILES string of the molecule is COc1ccccc1C(=O)N1CCc2[nH]nc(C(=O)N3CCOCC3)c2C1. The number of nitrogens with zero attached hydrogens (tertiary/aromatic N) is 3. The lowest BCUT2D eigenvalue weighted by atomic mass is 10.0. The number of carbonyl (C=O) groups is 2. The lowest BCUT2D eigenvalue weighted by Crippen LogP contribution is -2.42. The molecular weight excluding hydrogens is 348 g/mol. The number of methoxy groups -OCH3 is 1. The number of ether oxygens (including phenoxy) is 2. The standard InChI is InChI=1S/C19H22N4O4/c1-26-16-5-3-2-4-13(16)18(24)23-7-6-15-14(12-23)17(21-20-15)19(25)22-8-10-27-11-9-22/h2-5H,6-12H2,1H3,(H,20,21). The molecule has 2 amide bonds. The Morgan fingerprint density at radius 3 is 2.67 bits per heavy atom. The van der Waals surface area contributed by atoms with Gasteiger partial charge in [0.05, 0.1) is 32.4 Å². The van der Waals surface area contributed by atoms with E-state index in [1.165, 1.54) is 0 Å². The minimum Gasteiger partial charge on any atom is -0.496 e. The highest BCUT2D eigenvalue weighted by Crippen LogP contribution is 2.26. The molecule has 0 spiro atoms. The van der Waals surface area contributed by atoms with Crippen molar-refractivity contribution in [3.63, 3.8) is 0 Å². The van der Waals surface area contributed by atoms with E-state index in [1.807, 2.05) is 12.1 Å². The van der Waals surface area contributed by atoms with Crippen molar-refractivity contribution >= 4 is 11.8 Å². The molecule has 1 fully saturated rings. The summed E-state index contributed by atoms with van der Waals surface area (Å²) in [7, 11) is 1.55. The summed E-state index contributed by atoms with van der Waals surface area (Å²) >= 11 is 0. The molecule has 142 valence electrons. The van der Waals surface area contributed by atoms with Crippen LogP contribution < -0.4 is 4.74 Å². The van der Waals surface area contributed by atoms with Gasteiger partial charge in [-0.05, 0) is 12.1 Å². The van der Waals surface area contributed by atoms with E-state index in [2.05, 4.69) is 10.2 Å². The second kappa shape index (κ2) is 7.40. The first-order valence-electron chi connectivity index (χ1n) is 9.04. The molecule has 8 nitrogen and oxygen atoms in total. The molecule has 0 saturated carbocycles. The van der Waals surface area contributed by atoms with Crippen molar-refractivity contribution in [2.24, 2.45) is 0 Å². The summed E-state index contributed by atoms with van der Waals surface area (Å²) in [5.41, 5.74) is 2.66. The quantitative estimate of drug-likeness (QED) is 0.874. The van der Waals surface area contributed by atoms with Crippen molar-refractivity contribution in [2.75, 3.05) is 40.0 Å². The van der Waals surface area contributed by atoms with Crippen LogP contribution in [0, 0.1) is 0 Å². The largest absolute Gasteiger partial charge is 0.496 e.